The second-order valence-corrected chi connectivity index (χ2v) is 10.2. The highest BCUT2D eigenvalue weighted by molar-refractivity contribution is 7.89. The van der Waals surface area contributed by atoms with Gasteiger partial charge in [-0.3, -0.25) is 0 Å². The quantitative estimate of drug-likeness (QED) is 0.666. The maximum atomic E-state index is 12.7. The molecule has 0 radical (unpaired) electrons. The number of hydrogen-bond donors (Lipinski definition) is 1. The third-order valence-corrected chi connectivity index (χ3v) is 8.15. The Balaban J connectivity index is 1.52. The van der Waals surface area contributed by atoms with Crippen LogP contribution in [0, 0.1) is 20.8 Å². The zero-order valence-electron chi connectivity index (χ0n) is 16.7. The zero-order chi connectivity index (χ0) is 20.6. The summed E-state index contributed by atoms with van der Waals surface area (Å²) >= 11 is 1.68. The van der Waals surface area contributed by atoms with Crippen molar-refractivity contribution >= 4 is 37.4 Å². The van der Waals surface area contributed by atoms with Crippen LogP contribution in [0.2, 0.25) is 0 Å². The molecule has 1 saturated heterocycles. The van der Waals surface area contributed by atoms with Gasteiger partial charge in [0.05, 0.1) is 23.5 Å². The molecule has 1 fully saturated rings. The van der Waals surface area contributed by atoms with E-state index in [9.17, 15) is 8.42 Å². The number of aryl methyl sites for hydroxylation is 3. The molecule has 0 saturated carbocycles. The highest BCUT2D eigenvalue weighted by Crippen LogP contribution is 2.33. The number of ether oxygens (including phenoxy) is 1. The van der Waals surface area contributed by atoms with Gasteiger partial charge in [-0.2, -0.15) is 4.31 Å². The van der Waals surface area contributed by atoms with Crippen LogP contribution < -0.4 is 5.32 Å². The van der Waals surface area contributed by atoms with E-state index in [2.05, 4.69) is 29.1 Å². The second-order valence-electron chi connectivity index (χ2n) is 7.10. The Labute approximate surface area is 174 Å². The lowest BCUT2D eigenvalue weighted by Crippen LogP contribution is -2.40. The largest absolute Gasteiger partial charge is 0.379 e. The fourth-order valence-electron chi connectivity index (χ4n) is 3.39. The van der Waals surface area contributed by atoms with Crippen LogP contribution in [0.3, 0.4) is 0 Å². The number of morpholine rings is 1. The lowest BCUT2D eigenvalue weighted by Gasteiger charge is -2.26. The van der Waals surface area contributed by atoms with Gasteiger partial charge in [-0.1, -0.05) is 12.1 Å². The molecule has 1 aliphatic heterocycles. The molecule has 3 aromatic rings. The molecule has 0 unspecified atom stereocenters. The van der Waals surface area contributed by atoms with Crippen LogP contribution in [0.5, 0.6) is 0 Å². The lowest BCUT2D eigenvalue weighted by atomic mass is 10.2. The number of aromatic nitrogens is 2. The summed E-state index contributed by atoms with van der Waals surface area (Å²) in [6, 6.07) is 7.03. The molecule has 154 valence electrons. The van der Waals surface area contributed by atoms with Crippen LogP contribution in [0.4, 0.5) is 5.82 Å². The summed E-state index contributed by atoms with van der Waals surface area (Å²) in [5.41, 5.74) is 2.18. The van der Waals surface area contributed by atoms with E-state index < -0.39 is 10.0 Å². The average Bonchev–Trinajstić information content (AvgIpc) is 3.00. The summed E-state index contributed by atoms with van der Waals surface area (Å²) in [6.07, 6.45) is 0. The molecule has 2 aromatic heterocycles. The van der Waals surface area contributed by atoms with Gasteiger partial charge in [0.2, 0.25) is 10.0 Å². The monoisotopic (exact) mass is 432 g/mol. The number of rotatable bonds is 5. The number of nitrogens with one attached hydrogen (secondary N) is 1. The van der Waals surface area contributed by atoms with Crippen molar-refractivity contribution in [3.63, 3.8) is 0 Å². The summed E-state index contributed by atoms with van der Waals surface area (Å²) in [5.74, 6) is 1.55. The van der Waals surface area contributed by atoms with Gasteiger partial charge in [-0.15, -0.1) is 11.3 Å². The average molecular weight is 433 g/mol. The predicted molar refractivity (Wildman–Crippen MR) is 115 cm³/mol. The minimum atomic E-state index is -3.47. The van der Waals surface area contributed by atoms with Gasteiger partial charge < -0.3 is 10.1 Å². The third kappa shape index (κ3) is 4.00. The van der Waals surface area contributed by atoms with E-state index in [0.29, 0.717) is 37.7 Å². The first-order valence-corrected chi connectivity index (χ1v) is 11.8. The molecule has 0 aliphatic carbocycles. The molecule has 0 amide bonds. The summed E-state index contributed by atoms with van der Waals surface area (Å²) < 4.78 is 32.2. The van der Waals surface area contributed by atoms with Crippen LogP contribution >= 0.6 is 11.3 Å². The first kappa shape index (κ1) is 20.2. The minimum Gasteiger partial charge on any atom is -0.379 e. The SMILES string of the molecule is Cc1nc(NCc2ccc(S(=O)(=O)N3CCOCC3)cc2)c2c(C)c(C)sc2n1. The highest BCUT2D eigenvalue weighted by atomic mass is 32.2. The van der Waals surface area contributed by atoms with Crippen molar-refractivity contribution in [2.45, 2.75) is 32.2 Å². The van der Waals surface area contributed by atoms with Crippen molar-refractivity contribution in [3.8, 4) is 0 Å². The van der Waals surface area contributed by atoms with Crippen LogP contribution in [0.1, 0.15) is 21.8 Å². The fraction of sp³-hybridized carbons (Fsp3) is 0.400. The molecule has 0 atom stereocenters. The number of anilines is 1. The molecule has 0 spiro atoms. The zero-order valence-corrected chi connectivity index (χ0v) is 18.4. The highest BCUT2D eigenvalue weighted by Gasteiger charge is 2.26. The van der Waals surface area contributed by atoms with Crippen molar-refractivity contribution in [3.05, 3.63) is 46.1 Å². The topological polar surface area (TPSA) is 84.4 Å². The van der Waals surface area contributed by atoms with Gasteiger partial charge in [0.1, 0.15) is 16.5 Å². The third-order valence-electron chi connectivity index (χ3n) is 5.13. The van der Waals surface area contributed by atoms with Crippen molar-refractivity contribution in [2.24, 2.45) is 0 Å². The Kier molecular flexibility index (Phi) is 5.56. The maximum absolute atomic E-state index is 12.7. The van der Waals surface area contributed by atoms with E-state index in [-0.39, 0.29) is 0 Å². The summed E-state index contributed by atoms with van der Waals surface area (Å²) in [4.78, 5) is 11.7. The van der Waals surface area contributed by atoms with E-state index in [1.165, 1.54) is 14.7 Å². The van der Waals surface area contributed by atoms with Crippen molar-refractivity contribution in [1.82, 2.24) is 14.3 Å². The van der Waals surface area contributed by atoms with E-state index in [0.717, 1.165) is 27.4 Å². The van der Waals surface area contributed by atoms with Crippen molar-refractivity contribution < 1.29 is 13.2 Å². The van der Waals surface area contributed by atoms with Gasteiger partial charge in [-0.25, -0.2) is 18.4 Å². The van der Waals surface area contributed by atoms with Gasteiger partial charge in [-0.05, 0) is 44.0 Å². The normalized spacial score (nSPS) is 15.7. The van der Waals surface area contributed by atoms with Gasteiger partial charge in [0, 0.05) is 24.5 Å². The molecule has 1 N–H and O–H groups in total. The molecule has 1 aliphatic rings. The Morgan fingerprint density at radius 1 is 1.10 bits per heavy atom. The molecular weight excluding hydrogens is 408 g/mol. The number of thiophene rings is 1. The Morgan fingerprint density at radius 3 is 2.48 bits per heavy atom. The van der Waals surface area contributed by atoms with Crippen molar-refractivity contribution in [1.29, 1.82) is 0 Å². The predicted octanol–water partition coefficient (Wildman–Crippen LogP) is 3.25. The molecule has 0 bridgehead atoms. The Bertz CT molecular complexity index is 1130. The molecule has 4 rings (SSSR count). The number of sulfonamides is 1. The summed E-state index contributed by atoms with van der Waals surface area (Å²) in [5, 5.41) is 4.46. The molecule has 1 aromatic carbocycles. The van der Waals surface area contributed by atoms with E-state index in [1.54, 1.807) is 23.5 Å². The van der Waals surface area contributed by atoms with Gasteiger partial charge in [0.25, 0.3) is 0 Å². The summed E-state index contributed by atoms with van der Waals surface area (Å²) in [7, 11) is -3.47. The van der Waals surface area contributed by atoms with Crippen molar-refractivity contribution in [2.75, 3.05) is 31.6 Å². The number of nitrogens with zero attached hydrogens (tertiary/aromatic N) is 3. The van der Waals surface area contributed by atoms with Crippen LogP contribution in [0.15, 0.2) is 29.2 Å². The maximum Gasteiger partial charge on any atom is 0.243 e. The van der Waals surface area contributed by atoms with E-state index in [1.807, 2.05) is 19.1 Å². The number of fused-ring (bicyclic) bond motifs is 1. The second kappa shape index (κ2) is 7.98. The Hall–Kier alpha value is -2.07. The fourth-order valence-corrected chi connectivity index (χ4v) is 5.87. The number of benzene rings is 1. The van der Waals surface area contributed by atoms with E-state index >= 15 is 0 Å². The van der Waals surface area contributed by atoms with Crippen LogP contribution in [-0.2, 0) is 21.3 Å². The lowest BCUT2D eigenvalue weighted by molar-refractivity contribution is 0.0730. The smallest absolute Gasteiger partial charge is 0.243 e. The Morgan fingerprint density at radius 2 is 1.79 bits per heavy atom. The summed E-state index contributed by atoms with van der Waals surface area (Å²) in [6.45, 7) is 8.29. The molecule has 9 heteroatoms. The molecular formula is C20H24N4O3S2. The first-order chi connectivity index (χ1) is 13.9. The van der Waals surface area contributed by atoms with Crippen LogP contribution in [0.25, 0.3) is 10.2 Å². The van der Waals surface area contributed by atoms with E-state index in [4.69, 9.17) is 4.74 Å². The molecule has 29 heavy (non-hydrogen) atoms. The molecule has 3 heterocycles. The number of hydrogen-bond acceptors (Lipinski definition) is 7. The van der Waals surface area contributed by atoms with Gasteiger partial charge >= 0.3 is 0 Å². The van der Waals surface area contributed by atoms with Gasteiger partial charge in [0.15, 0.2) is 0 Å². The first-order valence-electron chi connectivity index (χ1n) is 9.51. The minimum absolute atomic E-state index is 0.313. The van der Waals surface area contributed by atoms with Crippen LogP contribution in [-0.4, -0.2) is 49.0 Å². The molecule has 7 nitrogen and oxygen atoms in total. The standard InChI is InChI=1S/C20H24N4O3S2/c1-13-14(2)28-20-18(13)19(22-15(3)23-20)21-12-16-4-6-17(7-5-16)29(25,26)24-8-10-27-11-9-24/h4-7H,8-12H2,1-3H3,(H,21,22,23).